The minimum absolute atomic E-state index is 0.124. The molecule has 2 amide bonds. The normalized spacial score (nSPS) is 22.5. The number of likely N-dealkylation sites (tertiary alicyclic amines) is 1. The Balaban J connectivity index is 1.48. The molecule has 1 atom stereocenters. The van der Waals surface area contributed by atoms with Crippen LogP contribution in [-0.4, -0.2) is 58.3 Å². The number of rotatable bonds is 4. The summed E-state index contributed by atoms with van der Waals surface area (Å²) in [5, 5.41) is 3.24. The molecule has 1 N–H and O–H groups in total. The van der Waals surface area contributed by atoms with E-state index in [-0.39, 0.29) is 17.7 Å². The van der Waals surface area contributed by atoms with Crippen LogP contribution < -0.4 is 5.32 Å². The lowest BCUT2D eigenvalue weighted by Gasteiger charge is -2.34. The third-order valence-corrected chi connectivity index (χ3v) is 7.09. The molecule has 1 aliphatic carbocycles. The molecule has 7 nitrogen and oxygen atoms in total. The van der Waals surface area contributed by atoms with Gasteiger partial charge in [0.25, 0.3) is 0 Å². The van der Waals surface area contributed by atoms with Crippen LogP contribution in [0.2, 0.25) is 0 Å². The summed E-state index contributed by atoms with van der Waals surface area (Å²) < 4.78 is 0. The predicted octanol–water partition coefficient (Wildman–Crippen LogP) is 3.10. The number of nitrogens with zero attached hydrogens (tertiary/aromatic N) is 4. The minimum atomic E-state index is 0.124. The van der Waals surface area contributed by atoms with Gasteiger partial charge in [0.15, 0.2) is 0 Å². The topological polar surface area (TPSA) is 78.4 Å². The number of amides is 2. The third-order valence-electron chi connectivity index (χ3n) is 7.09. The molecule has 2 aliphatic heterocycles. The van der Waals surface area contributed by atoms with Crippen molar-refractivity contribution < 1.29 is 9.59 Å². The number of aromatic nitrogens is 2. The molecule has 164 valence electrons. The lowest BCUT2D eigenvalue weighted by molar-refractivity contribution is -0.133. The van der Waals surface area contributed by atoms with Gasteiger partial charge in [0.05, 0.1) is 12.2 Å². The molecule has 0 bridgehead atoms. The van der Waals surface area contributed by atoms with Gasteiger partial charge in [-0.15, -0.1) is 0 Å². The van der Waals surface area contributed by atoms with E-state index in [1.165, 1.54) is 32.1 Å². The fourth-order valence-corrected chi connectivity index (χ4v) is 5.28. The number of nitrogens with one attached hydrogen (secondary N) is 1. The highest BCUT2D eigenvalue weighted by atomic mass is 16.2. The van der Waals surface area contributed by atoms with E-state index < -0.39 is 0 Å². The minimum Gasteiger partial charge on any atom is -0.373 e. The Hall–Kier alpha value is -2.18. The molecule has 1 aromatic rings. The lowest BCUT2D eigenvalue weighted by Crippen LogP contribution is -2.39. The second kappa shape index (κ2) is 9.31. The van der Waals surface area contributed by atoms with Crippen molar-refractivity contribution in [2.45, 2.75) is 77.2 Å². The van der Waals surface area contributed by atoms with Gasteiger partial charge in [-0.2, -0.15) is 0 Å². The van der Waals surface area contributed by atoms with Gasteiger partial charge in [-0.25, -0.2) is 9.97 Å². The van der Waals surface area contributed by atoms with Gasteiger partial charge in [0.1, 0.15) is 11.6 Å². The summed E-state index contributed by atoms with van der Waals surface area (Å²) in [5.41, 5.74) is 2.12. The standard InChI is InChI=1S/C23H35N5O2/c1-16(29)27-11-6-9-18(14-27)22-25-20-10-12-28(15-19(20)23(24-2)26-22)21(30)13-17-7-4-3-5-8-17/h17-18H,3-15H2,1-2H3,(H,24,25,26)/t18-/m1/s1. The Morgan fingerprint density at radius 1 is 1.03 bits per heavy atom. The van der Waals surface area contributed by atoms with E-state index in [0.29, 0.717) is 25.4 Å². The van der Waals surface area contributed by atoms with Gasteiger partial charge in [0.2, 0.25) is 11.8 Å². The zero-order valence-corrected chi connectivity index (χ0v) is 18.5. The molecule has 1 saturated carbocycles. The summed E-state index contributed by atoms with van der Waals surface area (Å²) in [6.07, 6.45) is 9.71. The number of fused-ring (bicyclic) bond motifs is 1. The van der Waals surface area contributed by atoms with Crippen molar-refractivity contribution in [3.8, 4) is 0 Å². The maximum absolute atomic E-state index is 12.9. The van der Waals surface area contributed by atoms with Crippen molar-refractivity contribution in [2.75, 3.05) is 32.0 Å². The van der Waals surface area contributed by atoms with Gasteiger partial charge in [-0.05, 0) is 31.6 Å². The molecule has 1 saturated heterocycles. The summed E-state index contributed by atoms with van der Waals surface area (Å²) in [6.45, 7) is 4.50. The van der Waals surface area contributed by atoms with Crippen LogP contribution in [0.5, 0.6) is 0 Å². The maximum atomic E-state index is 12.9. The van der Waals surface area contributed by atoms with Gasteiger partial charge in [0, 0.05) is 57.9 Å². The van der Waals surface area contributed by atoms with Crippen LogP contribution in [0.25, 0.3) is 0 Å². The average Bonchev–Trinajstić information content (AvgIpc) is 2.78. The zero-order chi connectivity index (χ0) is 21.1. The average molecular weight is 414 g/mol. The molecule has 7 heteroatoms. The van der Waals surface area contributed by atoms with Crippen molar-refractivity contribution in [1.82, 2.24) is 19.8 Å². The molecule has 2 fully saturated rings. The predicted molar refractivity (Wildman–Crippen MR) is 116 cm³/mol. The van der Waals surface area contributed by atoms with Crippen molar-refractivity contribution in [3.05, 3.63) is 17.1 Å². The summed E-state index contributed by atoms with van der Waals surface area (Å²) in [7, 11) is 1.89. The molecule has 0 radical (unpaired) electrons. The van der Waals surface area contributed by atoms with Gasteiger partial charge < -0.3 is 15.1 Å². The Labute approximate surface area is 179 Å². The number of carbonyl (C=O) groups is 2. The third kappa shape index (κ3) is 4.60. The molecule has 0 spiro atoms. The Morgan fingerprint density at radius 3 is 2.57 bits per heavy atom. The molecule has 30 heavy (non-hydrogen) atoms. The van der Waals surface area contributed by atoms with Gasteiger partial charge in [-0.1, -0.05) is 19.3 Å². The van der Waals surface area contributed by atoms with Crippen LogP contribution in [0.15, 0.2) is 0 Å². The first-order valence-corrected chi connectivity index (χ1v) is 11.7. The van der Waals surface area contributed by atoms with Crippen LogP contribution >= 0.6 is 0 Å². The number of anilines is 1. The van der Waals surface area contributed by atoms with Crippen molar-refractivity contribution in [3.63, 3.8) is 0 Å². The van der Waals surface area contributed by atoms with Crippen molar-refractivity contribution >= 4 is 17.6 Å². The van der Waals surface area contributed by atoms with E-state index in [9.17, 15) is 9.59 Å². The first-order valence-electron chi connectivity index (χ1n) is 11.7. The summed E-state index contributed by atoms with van der Waals surface area (Å²) in [5.74, 6) is 2.83. The summed E-state index contributed by atoms with van der Waals surface area (Å²) in [6, 6.07) is 0. The fraction of sp³-hybridized carbons (Fsp3) is 0.739. The van der Waals surface area contributed by atoms with Crippen molar-refractivity contribution in [2.24, 2.45) is 5.92 Å². The van der Waals surface area contributed by atoms with Crippen molar-refractivity contribution in [1.29, 1.82) is 0 Å². The van der Waals surface area contributed by atoms with Crippen LogP contribution in [0, 0.1) is 5.92 Å². The zero-order valence-electron chi connectivity index (χ0n) is 18.5. The van der Waals surface area contributed by atoms with Crippen LogP contribution in [0.3, 0.4) is 0 Å². The highest BCUT2D eigenvalue weighted by molar-refractivity contribution is 5.77. The first kappa shape index (κ1) is 21.1. The van der Waals surface area contributed by atoms with Crippen LogP contribution in [-0.2, 0) is 22.6 Å². The van der Waals surface area contributed by atoms with E-state index in [1.54, 1.807) is 6.92 Å². The number of carbonyl (C=O) groups excluding carboxylic acids is 2. The van der Waals surface area contributed by atoms with Crippen LogP contribution in [0.1, 0.15) is 81.3 Å². The molecule has 0 aromatic carbocycles. The fourth-order valence-electron chi connectivity index (χ4n) is 5.28. The maximum Gasteiger partial charge on any atom is 0.223 e. The summed E-state index contributed by atoms with van der Waals surface area (Å²) >= 11 is 0. The number of piperidine rings is 1. The largest absolute Gasteiger partial charge is 0.373 e. The van der Waals surface area contributed by atoms with Crippen LogP contribution in [0.4, 0.5) is 5.82 Å². The number of hydrogen-bond acceptors (Lipinski definition) is 5. The van der Waals surface area contributed by atoms with E-state index in [2.05, 4.69) is 5.32 Å². The Kier molecular flexibility index (Phi) is 6.54. The van der Waals surface area contributed by atoms with E-state index >= 15 is 0 Å². The Morgan fingerprint density at radius 2 is 1.83 bits per heavy atom. The van der Waals surface area contributed by atoms with E-state index in [0.717, 1.165) is 55.3 Å². The second-order valence-electron chi connectivity index (χ2n) is 9.18. The molecular formula is C23H35N5O2. The number of hydrogen-bond donors (Lipinski definition) is 1. The van der Waals surface area contributed by atoms with Gasteiger partial charge in [-0.3, -0.25) is 9.59 Å². The van der Waals surface area contributed by atoms with E-state index in [4.69, 9.17) is 9.97 Å². The lowest BCUT2D eigenvalue weighted by atomic mass is 9.86. The molecule has 3 heterocycles. The highest BCUT2D eigenvalue weighted by Gasteiger charge is 2.30. The monoisotopic (exact) mass is 413 g/mol. The second-order valence-corrected chi connectivity index (χ2v) is 9.18. The summed E-state index contributed by atoms with van der Waals surface area (Å²) in [4.78, 5) is 38.4. The molecule has 3 aliphatic rings. The molecule has 4 rings (SSSR count). The Bertz CT molecular complexity index is 773. The van der Waals surface area contributed by atoms with Gasteiger partial charge >= 0.3 is 0 Å². The first-order chi connectivity index (χ1) is 14.5. The quantitative estimate of drug-likeness (QED) is 0.821. The molecular weight excluding hydrogens is 378 g/mol. The highest BCUT2D eigenvalue weighted by Crippen LogP contribution is 2.31. The molecule has 1 aromatic heterocycles. The SMILES string of the molecule is CNc1nc([C@@H]2CCCN(C(C)=O)C2)nc2c1CN(C(=O)CC1CCCCC1)CC2. The molecule has 0 unspecified atom stereocenters. The smallest absolute Gasteiger partial charge is 0.223 e. The van der Waals surface area contributed by atoms with E-state index in [1.807, 2.05) is 16.8 Å².